The molecular weight excluding hydrogens is 236 g/mol. The highest BCUT2D eigenvalue weighted by molar-refractivity contribution is 5.74. The number of anilines is 1. The zero-order valence-corrected chi connectivity index (χ0v) is 11.6. The topological polar surface area (TPSA) is 52.0 Å². The minimum Gasteiger partial charge on any atom is -0.367 e. The van der Waals surface area contributed by atoms with Gasteiger partial charge in [-0.3, -0.25) is 0 Å². The zero-order chi connectivity index (χ0) is 13.5. The van der Waals surface area contributed by atoms with E-state index in [2.05, 4.69) is 12.1 Å². The molecule has 3 nitrogen and oxygen atoms in total. The maximum atomic E-state index is 5.90. The molecule has 102 valence electrons. The van der Waals surface area contributed by atoms with Crippen LogP contribution in [0.1, 0.15) is 44.7 Å². The van der Waals surface area contributed by atoms with Gasteiger partial charge in [-0.2, -0.15) is 0 Å². The molecule has 1 aromatic heterocycles. The largest absolute Gasteiger partial charge is 0.367 e. The molecule has 0 bridgehead atoms. The Hall–Kier alpha value is -1.77. The molecule has 3 heteroatoms. The molecule has 0 atom stereocenters. The van der Waals surface area contributed by atoms with Gasteiger partial charge in [-0.1, -0.05) is 68.1 Å². The Morgan fingerprint density at radius 1 is 1.05 bits per heavy atom. The van der Waals surface area contributed by atoms with E-state index in [1.165, 1.54) is 25.7 Å². The van der Waals surface area contributed by atoms with E-state index in [1.807, 2.05) is 30.3 Å². The van der Waals surface area contributed by atoms with Crippen molar-refractivity contribution in [2.45, 2.75) is 45.4 Å². The maximum absolute atomic E-state index is 5.90. The van der Waals surface area contributed by atoms with Gasteiger partial charge in [0.25, 0.3) is 0 Å². The molecule has 0 radical (unpaired) electrons. The van der Waals surface area contributed by atoms with Gasteiger partial charge >= 0.3 is 0 Å². The summed E-state index contributed by atoms with van der Waals surface area (Å²) < 4.78 is 5.16. The number of aromatic nitrogens is 1. The van der Waals surface area contributed by atoms with Crippen molar-refractivity contribution in [3.05, 3.63) is 36.0 Å². The van der Waals surface area contributed by atoms with Crippen molar-refractivity contribution >= 4 is 5.88 Å². The fourth-order valence-corrected chi connectivity index (χ4v) is 2.32. The van der Waals surface area contributed by atoms with Crippen LogP contribution in [-0.2, 0) is 6.42 Å². The van der Waals surface area contributed by atoms with Crippen LogP contribution in [0.15, 0.2) is 34.9 Å². The summed E-state index contributed by atoms with van der Waals surface area (Å²) in [7, 11) is 0. The van der Waals surface area contributed by atoms with Crippen LogP contribution < -0.4 is 5.73 Å². The minimum absolute atomic E-state index is 0.426. The molecule has 1 aromatic carbocycles. The van der Waals surface area contributed by atoms with E-state index in [0.717, 1.165) is 29.7 Å². The van der Waals surface area contributed by atoms with Crippen LogP contribution in [0, 0.1) is 0 Å². The molecule has 19 heavy (non-hydrogen) atoms. The molecule has 0 unspecified atom stereocenters. The second kappa shape index (κ2) is 6.98. The van der Waals surface area contributed by atoms with Gasteiger partial charge in [-0.25, -0.2) is 0 Å². The Labute approximate surface area is 114 Å². The average Bonchev–Trinajstić information content (AvgIpc) is 2.81. The third kappa shape index (κ3) is 3.60. The van der Waals surface area contributed by atoms with E-state index in [4.69, 9.17) is 10.3 Å². The van der Waals surface area contributed by atoms with Gasteiger partial charge < -0.3 is 10.3 Å². The first-order valence-electron chi connectivity index (χ1n) is 7.12. The first-order valence-corrected chi connectivity index (χ1v) is 7.12. The summed E-state index contributed by atoms with van der Waals surface area (Å²) in [6.45, 7) is 2.23. The fraction of sp³-hybridized carbons (Fsp3) is 0.438. The van der Waals surface area contributed by atoms with Crippen molar-refractivity contribution in [2.75, 3.05) is 5.73 Å². The van der Waals surface area contributed by atoms with E-state index < -0.39 is 0 Å². The molecule has 0 fully saturated rings. The smallest absolute Gasteiger partial charge is 0.230 e. The second-order valence-electron chi connectivity index (χ2n) is 4.90. The molecule has 2 rings (SSSR count). The molecule has 0 saturated carbocycles. The quantitative estimate of drug-likeness (QED) is 0.747. The van der Waals surface area contributed by atoms with Crippen LogP contribution in [0.4, 0.5) is 5.88 Å². The second-order valence-corrected chi connectivity index (χ2v) is 4.90. The van der Waals surface area contributed by atoms with Gasteiger partial charge in [0, 0.05) is 0 Å². The van der Waals surface area contributed by atoms with Crippen LogP contribution in [-0.4, -0.2) is 5.16 Å². The van der Waals surface area contributed by atoms with Crippen molar-refractivity contribution in [3.63, 3.8) is 0 Å². The van der Waals surface area contributed by atoms with Gasteiger partial charge in [-0.05, 0) is 18.4 Å². The monoisotopic (exact) mass is 258 g/mol. The number of hydrogen-bond donors (Lipinski definition) is 1. The third-order valence-electron chi connectivity index (χ3n) is 3.37. The molecule has 0 aliphatic rings. The van der Waals surface area contributed by atoms with Crippen LogP contribution in [0.25, 0.3) is 11.1 Å². The normalized spacial score (nSPS) is 10.8. The van der Waals surface area contributed by atoms with E-state index in [-0.39, 0.29) is 0 Å². The lowest BCUT2D eigenvalue weighted by molar-refractivity contribution is 0.426. The molecule has 0 amide bonds. The Morgan fingerprint density at radius 2 is 1.79 bits per heavy atom. The molecule has 0 saturated heterocycles. The summed E-state index contributed by atoms with van der Waals surface area (Å²) in [6, 6.07) is 10.1. The number of hydrogen-bond acceptors (Lipinski definition) is 3. The number of nitrogens with zero attached hydrogens (tertiary/aromatic N) is 1. The van der Waals surface area contributed by atoms with Gasteiger partial charge in [0.15, 0.2) is 0 Å². The summed E-state index contributed by atoms with van der Waals surface area (Å²) >= 11 is 0. The zero-order valence-electron chi connectivity index (χ0n) is 11.6. The molecule has 0 spiro atoms. The molecular formula is C16H22N2O. The highest BCUT2D eigenvalue weighted by atomic mass is 16.5. The predicted octanol–water partition coefficient (Wildman–Crippen LogP) is 4.44. The standard InChI is InChI=1S/C16H22N2O/c1-2-3-4-5-9-12-14-15(16(17)19-18-14)13-10-7-6-8-11-13/h6-8,10-11H,2-5,9,12,17H2,1H3. The summed E-state index contributed by atoms with van der Waals surface area (Å²) in [5, 5.41) is 4.11. The van der Waals surface area contributed by atoms with Crippen molar-refractivity contribution in [1.82, 2.24) is 5.16 Å². The number of aryl methyl sites for hydroxylation is 1. The molecule has 2 N–H and O–H groups in total. The summed E-state index contributed by atoms with van der Waals surface area (Å²) in [6.07, 6.45) is 7.21. The summed E-state index contributed by atoms with van der Waals surface area (Å²) in [4.78, 5) is 0. The molecule has 1 heterocycles. The first kappa shape index (κ1) is 13.7. The van der Waals surface area contributed by atoms with Crippen LogP contribution >= 0.6 is 0 Å². The third-order valence-corrected chi connectivity index (χ3v) is 3.37. The molecule has 0 aliphatic carbocycles. The Morgan fingerprint density at radius 3 is 2.53 bits per heavy atom. The number of unbranched alkanes of at least 4 members (excludes halogenated alkanes) is 4. The van der Waals surface area contributed by atoms with Crippen molar-refractivity contribution < 1.29 is 4.52 Å². The Balaban J connectivity index is 2.02. The van der Waals surface area contributed by atoms with Gasteiger partial charge in [-0.15, -0.1) is 0 Å². The summed E-state index contributed by atoms with van der Waals surface area (Å²) in [5.74, 6) is 0.426. The Bertz CT molecular complexity index is 491. The van der Waals surface area contributed by atoms with Gasteiger partial charge in [0.1, 0.15) is 0 Å². The van der Waals surface area contributed by atoms with Crippen molar-refractivity contribution in [3.8, 4) is 11.1 Å². The predicted molar refractivity (Wildman–Crippen MR) is 78.8 cm³/mol. The first-order chi connectivity index (χ1) is 9.33. The number of benzene rings is 1. The minimum atomic E-state index is 0.426. The molecule has 2 aromatic rings. The van der Waals surface area contributed by atoms with Crippen molar-refractivity contribution in [2.24, 2.45) is 0 Å². The fourth-order valence-electron chi connectivity index (χ4n) is 2.32. The Kier molecular flexibility index (Phi) is 5.01. The van der Waals surface area contributed by atoms with E-state index in [1.54, 1.807) is 0 Å². The highest BCUT2D eigenvalue weighted by Crippen LogP contribution is 2.30. The van der Waals surface area contributed by atoms with Crippen LogP contribution in [0.5, 0.6) is 0 Å². The maximum Gasteiger partial charge on any atom is 0.230 e. The summed E-state index contributed by atoms with van der Waals surface area (Å²) in [5.41, 5.74) is 8.94. The van der Waals surface area contributed by atoms with Gasteiger partial charge in [0.2, 0.25) is 5.88 Å². The molecule has 0 aliphatic heterocycles. The van der Waals surface area contributed by atoms with Gasteiger partial charge in [0.05, 0.1) is 11.3 Å². The van der Waals surface area contributed by atoms with Crippen LogP contribution in [0.2, 0.25) is 0 Å². The lowest BCUT2D eigenvalue weighted by Crippen LogP contribution is -1.92. The number of rotatable bonds is 7. The average molecular weight is 258 g/mol. The van der Waals surface area contributed by atoms with E-state index in [9.17, 15) is 0 Å². The SMILES string of the molecule is CCCCCCCc1noc(N)c1-c1ccccc1. The number of nitrogens with two attached hydrogens (primary N) is 1. The highest BCUT2D eigenvalue weighted by Gasteiger charge is 2.14. The van der Waals surface area contributed by atoms with Crippen LogP contribution in [0.3, 0.4) is 0 Å². The van der Waals surface area contributed by atoms with E-state index >= 15 is 0 Å². The van der Waals surface area contributed by atoms with Crippen molar-refractivity contribution in [1.29, 1.82) is 0 Å². The van der Waals surface area contributed by atoms with E-state index in [0.29, 0.717) is 5.88 Å². The lowest BCUT2D eigenvalue weighted by Gasteiger charge is -2.02. The lowest BCUT2D eigenvalue weighted by atomic mass is 10.0. The number of nitrogen functional groups attached to an aromatic ring is 1.